The Kier molecular flexibility index (Phi) is 38.7. The minimum absolute atomic E-state index is 1.21. The molecule has 0 saturated carbocycles. The minimum atomic E-state index is 1.21. The predicted molar refractivity (Wildman–Crippen MR) is 687 cm³/mol. The lowest BCUT2D eigenvalue weighted by atomic mass is 9.95. The zero-order chi connectivity index (χ0) is 106. The van der Waals surface area contributed by atoms with E-state index in [1.54, 1.807) is 0 Å². The second kappa shape index (κ2) is 52.4. The van der Waals surface area contributed by atoms with Crippen LogP contribution in [0.2, 0.25) is 0 Å². The SMILES string of the molecule is Cc1ccc(-c2ccc(-c3ccc(P)c(C)c3)c(C)c2)cc1.Cc1ccc(-c2ccc(-c3ccc(P)c(C)c3)cc2)cc1.Cc1ccc(-c2ccc(-c3ccc(P)c(C)c3)cc2)cc1C.Cc1ccc(-c2ccc(-c3ccc(P)cc3)c(C)c2)cc1.Cc1ccc(-c2ccc(-c3ccc(P)cc3)cc2)c(C)c1.Cc1ccc(-c2ccc(-c3ccc(P)cc3C)cc2)c(C)c1.Cc1ccc(-c2ccc(-c3ccc(P)cc3C)cc2)cc1. The molecule has 7 unspecified atom stereocenters. The van der Waals surface area contributed by atoms with E-state index in [-0.39, 0.29) is 0 Å². The molecule has 7 atom stereocenters. The Morgan fingerprint density at radius 1 is 0.0933 bits per heavy atom. The first-order chi connectivity index (χ1) is 72.1. The largest absolute Gasteiger partial charge is 0.106 e. The van der Waals surface area contributed by atoms with Gasteiger partial charge in [-0.2, -0.15) is 0 Å². The van der Waals surface area contributed by atoms with Crippen molar-refractivity contribution in [1.82, 2.24) is 0 Å². The van der Waals surface area contributed by atoms with Crippen molar-refractivity contribution in [2.75, 3.05) is 0 Å². The van der Waals surface area contributed by atoms with Gasteiger partial charge in [0, 0.05) is 0 Å². The quantitative estimate of drug-likeness (QED) is 0.0952. The van der Waals surface area contributed by atoms with Gasteiger partial charge >= 0.3 is 0 Å². The molecule has 0 aromatic heterocycles. The first-order valence-corrected chi connectivity index (χ1v) is 55.5. The lowest BCUT2D eigenvalue weighted by molar-refractivity contribution is 1.34. The van der Waals surface area contributed by atoms with Crippen LogP contribution in [-0.4, -0.2) is 0 Å². The summed E-state index contributed by atoms with van der Waals surface area (Å²) in [4.78, 5) is 0. The highest BCUT2D eigenvalue weighted by atomic mass is 31.0. The summed E-state index contributed by atoms with van der Waals surface area (Å²) < 4.78 is 0. The van der Waals surface area contributed by atoms with E-state index in [2.05, 4.69) is 631 Å². The molecule has 21 aromatic rings. The maximum atomic E-state index is 2.79. The second-order valence-corrected chi connectivity index (χ2v) is 44.5. The molecule has 0 bridgehead atoms. The van der Waals surface area contributed by atoms with E-state index in [0.717, 1.165) is 0 Å². The van der Waals surface area contributed by atoms with Gasteiger partial charge in [0.15, 0.2) is 0 Å². The van der Waals surface area contributed by atoms with E-state index in [1.165, 1.54) is 287 Å². The lowest BCUT2D eigenvalue weighted by Crippen LogP contribution is -1.96. The molecule has 0 heterocycles. The zero-order valence-corrected chi connectivity index (χ0v) is 97.8. The van der Waals surface area contributed by atoms with Crippen LogP contribution in [0.4, 0.5) is 0 Å². The van der Waals surface area contributed by atoms with Crippen molar-refractivity contribution in [3.8, 4) is 156 Å². The Hall–Kier alpha value is -13.4. The summed E-state index contributed by atoms with van der Waals surface area (Å²) in [7, 11) is 19.3. The summed E-state index contributed by atoms with van der Waals surface area (Å²) in [6.07, 6.45) is 0. The normalized spacial score (nSPS) is 10.7. The Bertz CT molecular complexity index is 7910. The van der Waals surface area contributed by atoms with Gasteiger partial charge in [-0.3, -0.25) is 0 Å². The number of benzene rings is 21. The molecule has 0 saturated heterocycles. The number of hydrogen-bond donors (Lipinski definition) is 0. The van der Waals surface area contributed by atoms with Crippen molar-refractivity contribution in [2.24, 2.45) is 0 Å². The summed E-state index contributed by atoms with van der Waals surface area (Å²) in [5.41, 5.74) is 58.1. The number of hydrogen-bond acceptors (Lipinski definition) is 0. The third kappa shape index (κ3) is 30.1. The molecule has 150 heavy (non-hydrogen) atoms. The Morgan fingerprint density at radius 2 is 0.247 bits per heavy atom. The molecule has 0 nitrogen and oxygen atoms in total. The molecule has 0 aliphatic rings. The van der Waals surface area contributed by atoms with Gasteiger partial charge in [-0.1, -0.05) is 482 Å². The van der Waals surface area contributed by atoms with Crippen LogP contribution in [0, 0.1) is 118 Å². The Morgan fingerprint density at radius 3 is 0.493 bits per heavy atom. The van der Waals surface area contributed by atoms with E-state index >= 15 is 0 Å². The van der Waals surface area contributed by atoms with Gasteiger partial charge in [0.25, 0.3) is 0 Å². The molecule has 0 fully saturated rings. The monoisotopic (exact) mass is 2070 g/mol. The van der Waals surface area contributed by atoms with Crippen LogP contribution < -0.4 is 37.1 Å². The van der Waals surface area contributed by atoms with E-state index in [9.17, 15) is 0 Å². The van der Waals surface area contributed by atoms with Crippen molar-refractivity contribution in [3.05, 3.63) is 543 Å². The molecule has 746 valence electrons. The first-order valence-electron chi connectivity index (χ1n) is 51.4. The molecule has 0 N–H and O–H groups in total. The third-order valence-electron chi connectivity index (χ3n) is 28.0. The van der Waals surface area contributed by atoms with Crippen LogP contribution in [0.15, 0.2) is 449 Å². The summed E-state index contributed by atoms with van der Waals surface area (Å²) >= 11 is 0. The van der Waals surface area contributed by atoms with Crippen molar-refractivity contribution in [3.63, 3.8) is 0 Å². The molecule has 21 rings (SSSR count). The van der Waals surface area contributed by atoms with Crippen LogP contribution in [0.3, 0.4) is 0 Å². The molecular weight excluding hydrogens is 1930 g/mol. The van der Waals surface area contributed by atoms with Gasteiger partial charge in [0.1, 0.15) is 0 Å². The van der Waals surface area contributed by atoms with Gasteiger partial charge in [0.05, 0.1) is 0 Å². The average molecular weight is 2070 g/mol. The third-order valence-corrected chi connectivity index (χ3v) is 31.5. The van der Waals surface area contributed by atoms with Gasteiger partial charge in [-0.25, -0.2) is 0 Å². The fraction of sp³-hybridized carbons (Fsp3) is 0.119. The maximum absolute atomic E-state index is 2.79. The number of aryl methyl sites for hydroxylation is 17. The van der Waals surface area contributed by atoms with Gasteiger partial charge < -0.3 is 0 Å². The smallest absolute Gasteiger partial charge is 0.0154 e. The lowest BCUT2D eigenvalue weighted by Gasteiger charge is -2.11. The number of rotatable bonds is 14. The standard InChI is InChI=1S/3C21H21P.4C20H19P/c1-14-4-10-20(15(2)12-14)17-5-7-18(8-6-17)21-11-9-19(22)13-16(21)3;1-14-4-6-17(7-5-14)18-8-10-20(15(2)12-18)19-9-11-21(22)16(3)13-19;1-14-4-5-19(12-15(14)2)17-6-8-18(9-7-17)20-10-11-21(22)16(3)13-20;1-14-3-12-20(15(2)13-14)18-6-4-16(5-7-18)17-8-10-19(21)11-9-17;1-14-3-5-16(6-4-14)18-9-12-20(15(2)13-18)17-7-10-19(21)11-8-17;1-14-3-5-16(6-4-14)17-7-9-18(10-8-17)20-12-11-19(21)13-15(20)2;1-14-3-5-16(6-4-14)17-7-9-18(10-8-17)19-11-12-20(21)15(2)13-19/h3*4-13H,22H2,1-3H3;4*3-13H,21H2,1-2H3. The molecule has 0 amide bonds. The predicted octanol–water partition coefficient (Wildman–Crippen LogP) is 36.9. The second-order valence-electron chi connectivity index (χ2n) is 40.0. The molecule has 0 radical (unpaired) electrons. The van der Waals surface area contributed by atoms with E-state index in [1.807, 2.05) is 0 Å². The first kappa shape index (κ1) is 111. The van der Waals surface area contributed by atoms with Crippen LogP contribution in [0.5, 0.6) is 0 Å². The van der Waals surface area contributed by atoms with Gasteiger partial charge in [-0.15, -0.1) is 64.7 Å². The molecule has 7 heteroatoms. The van der Waals surface area contributed by atoms with E-state index in [0.29, 0.717) is 0 Å². The van der Waals surface area contributed by atoms with Crippen molar-refractivity contribution in [2.45, 2.75) is 118 Å². The molecule has 0 aliphatic carbocycles. The van der Waals surface area contributed by atoms with Gasteiger partial charge in [0.2, 0.25) is 0 Å². The van der Waals surface area contributed by atoms with E-state index < -0.39 is 0 Å². The van der Waals surface area contributed by atoms with Crippen LogP contribution in [0.25, 0.3) is 156 Å². The zero-order valence-electron chi connectivity index (χ0n) is 89.8. The highest BCUT2D eigenvalue weighted by Gasteiger charge is 2.15. The molecule has 21 aromatic carbocycles. The molecular formula is C143H139P7. The van der Waals surface area contributed by atoms with Crippen LogP contribution in [0.1, 0.15) is 94.6 Å². The molecule has 0 spiro atoms. The van der Waals surface area contributed by atoms with E-state index in [4.69, 9.17) is 0 Å². The average Bonchev–Trinajstić information content (AvgIpc) is 0.803. The maximum Gasteiger partial charge on any atom is -0.0154 e. The fourth-order valence-electron chi connectivity index (χ4n) is 18.7. The van der Waals surface area contributed by atoms with Gasteiger partial charge in [-0.05, 0) is 372 Å². The minimum Gasteiger partial charge on any atom is -0.106 e. The van der Waals surface area contributed by atoms with Crippen LogP contribution in [-0.2, 0) is 0 Å². The van der Waals surface area contributed by atoms with Crippen molar-refractivity contribution in [1.29, 1.82) is 0 Å². The van der Waals surface area contributed by atoms with Crippen molar-refractivity contribution < 1.29 is 0 Å². The Balaban J connectivity index is 0.000000131. The summed E-state index contributed by atoms with van der Waals surface area (Å²) in [6.45, 7) is 36.6. The van der Waals surface area contributed by atoms with Crippen molar-refractivity contribution >= 4 is 102 Å². The topological polar surface area (TPSA) is 0 Å². The fourth-order valence-corrected chi connectivity index (χ4v) is 20.3. The summed E-state index contributed by atoms with van der Waals surface area (Å²) in [5, 5.41) is 8.67. The molecule has 0 aliphatic heterocycles. The highest BCUT2D eigenvalue weighted by molar-refractivity contribution is 7.28. The Labute approximate surface area is 911 Å². The highest BCUT2D eigenvalue weighted by Crippen LogP contribution is 2.38. The summed E-state index contributed by atoms with van der Waals surface area (Å²) in [5.74, 6) is 0. The van der Waals surface area contributed by atoms with Crippen LogP contribution >= 0.6 is 64.7 Å². The summed E-state index contributed by atoms with van der Waals surface area (Å²) in [6, 6.07) is 162.